The number of hydrogen-bond donors (Lipinski definition) is 1. The highest BCUT2D eigenvalue weighted by Gasteiger charge is 2.32. The van der Waals surface area contributed by atoms with Gasteiger partial charge in [-0.3, -0.25) is 4.79 Å². The zero-order chi connectivity index (χ0) is 19.7. The Hall–Kier alpha value is -3.00. The van der Waals surface area contributed by atoms with Crippen LogP contribution in [-0.4, -0.2) is 28.3 Å². The predicted molar refractivity (Wildman–Crippen MR) is 104 cm³/mol. The molecule has 6 nitrogen and oxygen atoms in total. The molecule has 2 heterocycles. The number of nitrogens with one attached hydrogen (secondary N) is 1. The number of halogens is 1. The van der Waals surface area contributed by atoms with Crippen molar-refractivity contribution in [1.29, 1.82) is 0 Å². The summed E-state index contributed by atoms with van der Waals surface area (Å²) in [5.74, 6) is -0.895. The maximum Gasteiger partial charge on any atom is 0.341 e. The minimum absolute atomic E-state index is 0.167. The van der Waals surface area contributed by atoms with Gasteiger partial charge in [0.1, 0.15) is 10.8 Å². The van der Waals surface area contributed by atoms with Crippen molar-refractivity contribution in [1.82, 2.24) is 9.78 Å². The second kappa shape index (κ2) is 7.55. The molecular weight excluding hydrogens is 381 g/mol. The number of carbonyl (C=O) groups is 2. The SMILES string of the molecule is CCOC(=O)c1c(C2CC2)csc1NC(=O)c1ccn(-c2cccc(F)c2)n1. The number of rotatable bonds is 6. The maximum absolute atomic E-state index is 13.4. The summed E-state index contributed by atoms with van der Waals surface area (Å²) in [6.07, 6.45) is 3.66. The van der Waals surface area contributed by atoms with Crippen LogP contribution in [0.1, 0.15) is 52.1 Å². The van der Waals surface area contributed by atoms with E-state index >= 15 is 0 Å². The van der Waals surface area contributed by atoms with Gasteiger partial charge >= 0.3 is 5.97 Å². The van der Waals surface area contributed by atoms with Gasteiger partial charge in [0.25, 0.3) is 5.91 Å². The highest BCUT2D eigenvalue weighted by atomic mass is 32.1. The van der Waals surface area contributed by atoms with E-state index in [1.165, 1.54) is 28.2 Å². The van der Waals surface area contributed by atoms with Gasteiger partial charge in [-0.2, -0.15) is 5.10 Å². The monoisotopic (exact) mass is 399 g/mol. The lowest BCUT2D eigenvalue weighted by atomic mass is 10.1. The predicted octanol–water partition coefficient (Wildman–Crippen LogP) is 4.38. The Balaban J connectivity index is 1.57. The lowest BCUT2D eigenvalue weighted by Gasteiger charge is -2.07. The number of esters is 1. The molecule has 4 rings (SSSR count). The van der Waals surface area contributed by atoms with Crippen LogP contribution in [0.3, 0.4) is 0 Å². The molecule has 1 saturated carbocycles. The van der Waals surface area contributed by atoms with Crippen LogP contribution in [0.5, 0.6) is 0 Å². The van der Waals surface area contributed by atoms with Crippen LogP contribution in [0.2, 0.25) is 0 Å². The Kier molecular flexibility index (Phi) is 4.95. The summed E-state index contributed by atoms with van der Waals surface area (Å²) in [7, 11) is 0. The Morgan fingerprint density at radius 3 is 2.89 bits per heavy atom. The summed E-state index contributed by atoms with van der Waals surface area (Å²) < 4.78 is 20.0. The summed E-state index contributed by atoms with van der Waals surface area (Å²) in [4.78, 5) is 25.0. The van der Waals surface area contributed by atoms with Crippen LogP contribution in [0.15, 0.2) is 41.9 Å². The minimum Gasteiger partial charge on any atom is -0.462 e. The van der Waals surface area contributed by atoms with Gasteiger partial charge in [0, 0.05) is 6.20 Å². The number of nitrogens with zero attached hydrogens (tertiary/aromatic N) is 2. The van der Waals surface area contributed by atoms with E-state index in [1.807, 2.05) is 5.38 Å². The highest BCUT2D eigenvalue weighted by molar-refractivity contribution is 7.15. The first kappa shape index (κ1) is 18.4. The van der Waals surface area contributed by atoms with Gasteiger partial charge in [0.05, 0.1) is 17.9 Å². The van der Waals surface area contributed by atoms with E-state index in [1.54, 1.807) is 31.3 Å². The van der Waals surface area contributed by atoms with Crippen molar-refractivity contribution >= 4 is 28.2 Å². The van der Waals surface area contributed by atoms with Crippen molar-refractivity contribution in [2.75, 3.05) is 11.9 Å². The molecule has 1 amide bonds. The number of hydrogen-bond acceptors (Lipinski definition) is 5. The third kappa shape index (κ3) is 3.68. The maximum atomic E-state index is 13.4. The van der Waals surface area contributed by atoms with Gasteiger partial charge in [-0.25, -0.2) is 13.9 Å². The van der Waals surface area contributed by atoms with Crippen LogP contribution in [0, 0.1) is 5.82 Å². The van der Waals surface area contributed by atoms with Crippen molar-refractivity contribution in [3.63, 3.8) is 0 Å². The molecule has 0 atom stereocenters. The average Bonchev–Trinajstić information content (AvgIpc) is 3.24. The van der Waals surface area contributed by atoms with Gasteiger partial charge in [0.15, 0.2) is 5.69 Å². The van der Waals surface area contributed by atoms with Crippen LogP contribution >= 0.6 is 11.3 Å². The van der Waals surface area contributed by atoms with Crippen LogP contribution < -0.4 is 5.32 Å². The van der Waals surface area contributed by atoms with E-state index in [2.05, 4.69) is 10.4 Å². The molecule has 0 aliphatic heterocycles. The van der Waals surface area contributed by atoms with Crippen LogP contribution in [0.4, 0.5) is 9.39 Å². The molecule has 1 aromatic carbocycles. The van der Waals surface area contributed by atoms with Gasteiger partial charge in [-0.05, 0) is 60.9 Å². The molecule has 1 aliphatic carbocycles. The van der Waals surface area contributed by atoms with Crippen LogP contribution in [0.25, 0.3) is 5.69 Å². The summed E-state index contributed by atoms with van der Waals surface area (Å²) in [5, 5.41) is 9.35. The fourth-order valence-electron chi connectivity index (χ4n) is 2.95. The molecule has 1 aliphatic rings. The van der Waals surface area contributed by atoms with Crippen molar-refractivity contribution in [3.8, 4) is 5.69 Å². The van der Waals surface area contributed by atoms with Crippen molar-refractivity contribution in [3.05, 3.63) is 64.5 Å². The van der Waals surface area contributed by atoms with Crippen molar-refractivity contribution in [2.45, 2.75) is 25.7 Å². The number of thiophene rings is 1. The molecule has 0 spiro atoms. The summed E-state index contributed by atoms with van der Waals surface area (Å²) in [5.41, 5.74) is 2.05. The molecule has 1 N–H and O–H groups in total. The van der Waals surface area contributed by atoms with Crippen molar-refractivity contribution in [2.24, 2.45) is 0 Å². The third-order valence-electron chi connectivity index (χ3n) is 4.44. The molecule has 1 fully saturated rings. The molecule has 144 valence electrons. The summed E-state index contributed by atoms with van der Waals surface area (Å²) >= 11 is 1.31. The van der Waals surface area contributed by atoms with Gasteiger partial charge in [-0.15, -0.1) is 11.3 Å². The molecule has 0 unspecified atom stereocenters. The number of benzene rings is 1. The Morgan fingerprint density at radius 2 is 2.18 bits per heavy atom. The first-order chi connectivity index (χ1) is 13.6. The van der Waals surface area contributed by atoms with E-state index in [4.69, 9.17) is 4.74 Å². The Labute approximate surface area is 164 Å². The number of carbonyl (C=O) groups excluding carboxylic acids is 2. The van der Waals surface area contributed by atoms with E-state index < -0.39 is 11.9 Å². The summed E-state index contributed by atoms with van der Waals surface area (Å²) in [6, 6.07) is 7.47. The molecule has 3 aromatic rings. The van der Waals surface area contributed by atoms with Crippen LogP contribution in [-0.2, 0) is 4.74 Å². The second-order valence-corrected chi connectivity index (χ2v) is 7.35. The van der Waals surface area contributed by atoms with E-state index in [0.29, 0.717) is 22.2 Å². The second-order valence-electron chi connectivity index (χ2n) is 6.47. The zero-order valence-corrected chi connectivity index (χ0v) is 16.0. The van der Waals surface area contributed by atoms with E-state index in [-0.39, 0.29) is 18.1 Å². The number of ether oxygens (including phenoxy) is 1. The first-order valence-electron chi connectivity index (χ1n) is 8.98. The van der Waals surface area contributed by atoms with Crippen molar-refractivity contribution < 1.29 is 18.7 Å². The smallest absolute Gasteiger partial charge is 0.341 e. The zero-order valence-electron chi connectivity index (χ0n) is 15.1. The minimum atomic E-state index is -0.440. The molecule has 0 radical (unpaired) electrons. The number of amides is 1. The Morgan fingerprint density at radius 1 is 1.36 bits per heavy atom. The number of aromatic nitrogens is 2. The fraction of sp³-hybridized carbons (Fsp3) is 0.250. The topological polar surface area (TPSA) is 73.2 Å². The molecule has 0 saturated heterocycles. The van der Waals surface area contributed by atoms with E-state index in [0.717, 1.165) is 18.4 Å². The van der Waals surface area contributed by atoms with Gasteiger partial charge in [-0.1, -0.05) is 6.07 Å². The van der Waals surface area contributed by atoms with Gasteiger partial charge in [0.2, 0.25) is 0 Å². The lowest BCUT2D eigenvalue weighted by Crippen LogP contribution is -2.16. The molecule has 2 aromatic heterocycles. The quantitative estimate of drug-likeness (QED) is 0.625. The average molecular weight is 399 g/mol. The number of anilines is 1. The third-order valence-corrected chi connectivity index (χ3v) is 5.35. The normalized spacial score (nSPS) is 13.4. The molecular formula is C20H18FN3O3S. The Bertz CT molecular complexity index is 1040. The summed E-state index contributed by atoms with van der Waals surface area (Å²) in [6.45, 7) is 2.02. The van der Waals surface area contributed by atoms with E-state index in [9.17, 15) is 14.0 Å². The standard InChI is InChI=1S/C20H18FN3O3S/c1-2-27-20(26)17-15(12-6-7-12)11-28-19(17)22-18(25)16-8-9-24(23-16)14-5-3-4-13(21)10-14/h3-5,8-12H,2,6-7H2,1H3,(H,22,25). The van der Waals surface area contributed by atoms with Gasteiger partial charge < -0.3 is 10.1 Å². The largest absolute Gasteiger partial charge is 0.462 e. The molecule has 28 heavy (non-hydrogen) atoms. The fourth-order valence-corrected chi connectivity index (χ4v) is 3.97. The lowest BCUT2D eigenvalue weighted by molar-refractivity contribution is 0.0527. The highest BCUT2D eigenvalue weighted by Crippen LogP contribution is 2.46. The molecule has 8 heteroatoms. The molecule has 0 bridgehead atoms. The first-order valence-corrected chi connectivity index (χ1v) is 9.86.